The lowest BCUT2D eigenvalue weighted by Gasteiger charge is -2.15. The van der Waals surface area contributed by atoms with Crippen LogP contribution in [0, 0.1) is 6.92 Å². The van der Waals surface area contributed by atoms with E-state index in [9.17, 15) is 0 Å². The summed E-state index contributed by atoms with van der Waals surface area (Å²) in [6, 6.07) is 3.81. The predicted molar refractivity (Wildman–Crippen MR) is 60.0 cm³/mol. The molecule has 1 rings (SSSR count). The zero-order valence-electron chi connectivity index (χ0n) is 8.80. The number of aryl methyl sites for hydroxylation is 1. The molecule has 0 radical (unpaired) electrons. The molecule has 1 aromatic carbocycles. The van der Waals surface area contributed by atoms with Gasteiger partial charge in [0.25, 0.3) is 0 Å². The molecule has 0 saturated heterocycles. The number of nitrogens with two attached hydrogens (primary N) is 1. The van der Waals surface area contributed by atoms with E-state index in [1.807, 2.05) is 26.0 Å². The highest BCUT2D eigenvalue weighted by Crippen LogP contribution is 2.31. The molecule has 0 bridgehead atoms. The molecule has 0 aliphatic carbocycles. The SMILES string of the molecule is CCC(N)c1cc(Cl)c(C)cc1OC. The van der Waals surface area contributed by atoms with Gasteiger partial charge in [-0.2, -0.15) is 0 Å². The van der Waals surface area contributed by atoms with E-state index in [1.165, 1.54) is 0 Å². The van der Waals surface area contributed by atoms with Crippen LogP contribution < -0.4 is 10.5 Å². The minimum absolute atomic E-state index is 0.0111. The smallest absolute Gasteiger partial charge is 0.123 e. The monoisotopic (exact) mass is 213 g/mol. The van der Waals surface area contributed by atoms with E-state index < -0.39 is 0 Å². The zero-order valence-corrected chi connectivity index (χ0v) is 9.56. The van der Waals surface area contributed by atoms with Crippen LogP contribution in [0.5, 0.6) is 5.75 Å². The molecule has 14 heavy (non-hydrogen) atoms. The summed E-state index contributed by atoms with van der Waals surface area (Å²) in [5, 5.41) is 0.740. The van der Waals surface area contributed by atoms with Gasteiger partial charge in [0.1, 0.15) is 5.75 Å². The van der Waals surface area contributed by atoms with Crippen molar-refractivity contribution in [3.8, 4) is 5.75 Å². The van der Waals surface area contributed by atoms with Gasteiger partial charge in [-0.25, -0.2) is 0 Å². The van der Waals surface area contributed by atoms with Crippen LogP contribution in [0.2, 0.25) is 5.02 Å². The van der Waals surface area contributed by atoms with E-state index in [2.05, 4.69) is 0 Å². The summed E-state index contributed by atoms with van der Waals surface area (Å²) in [5.74, 6) is 0.821. The molecule has 0 fully saturated rings. The maximum atomic E-state index is 6.03. The maximum Gasteiger partial charge on any atom is 0.123 e. The Labute approximate surface area is 90.0 Å². The molecule has 1 aromatic rings. The lowest BCUT2D eigenvalue weighted by molar-refractivity contribution is 0.404. The van der Waals surface area contributed by atoms with Crippen molar-refractivity contribution < 1.29 is 4.74 Å². The molecule has 1 unspecified atom stereocenters. The highest BCUT2D eigenvalue weighted by Gasteiger charge is 2.12. The Morgan fingerprint density at radius 1 is 1.50 bits per heavy atom. The van der Waals surface area contributed by atoms with Crippen LogP contribution in [0.4, 0.5) is 0 Å². The van der Waals surface area contributed by atoms with Crippen LogP contribution in [0.3, 0.4) is 0 Å². The Hall–Kier alpha value is -0.730. The van der Waals surface area contributed by atoms with Crippen molar-refractivity contribution in [1.82, 2.24) is 0 Å². The van der Waals surface area contributed by atoms with E-state index in [4.69, 9.17) is 22.1 Å². The normalized spacial score (nSPS) is 12.6. The van der Waals surface area contributed by atoms with Gasteiger partial charge in [0, 0.05) is 16.6 Å². The molecule has 2 N–H and O–H groups in total. The fourth-order valence-corrected chi connectivity index (χ4v) is 1.53. The zero-order chi connectivity index (χ0) is 10.7. The van der Waals surface area contributed by atoms with Crippen molar-refractivity contribution in [3.05, 3.63) is 28.3 Å². The van der Waals surface area contributed by atoms with Gasteiger partial charge in [-0.1, -0.05) is 18.5 Å². The largest absolute Gasteiger partial charge is 0.496 e. The minimum atomic E-state index is -0.0111. The van der Waals surface area contributed by atoms with Gasteiger partial charge in [-0.15, -0.1) is 0 Å². The topological polar surface area (TPSA) is 35.2 Å². The first-order valence-corrected chi connectivity index (χ1v) is 5.07. The number of hydrogen-bond donors (Lipinski definition) is 1. The molecule has 78 valence electrons. The first kappa shape index (κ1) is 11.3. The van der Waals surface area contributed by atoms with Crippen molar-refractivity contribution >= 4 is 11.6 Å². The van der Waals surface area contributed by atoms with Gasteiger partial charge in [-0.3, -0.25) is 0 Å². The van der Waals surface area contributed by atoms with Crippen molar-refractivity contribution in [1.29, 1.82) is 0 Å². The Kier molecular flexibility index (Phi) is 3.78. The number of hydrogen-bond acceptors (Lipinski definition) is 2. The third-order valence-corrected chi connectivity index (χ3v) is 2.76. The molecule has 2 nitrogen and oxygen atoms in total. The second-order valence-corrected chi connectivity index (χ2v) is 3.77. The molecule has 0 heterocycles. The van der Waals surface area contributed by atoms with Gasteiger partial charge in [-0.05, 0) is 31.0 Å². The van der Waals surface area contributed by atoms with Crippen LogP contribution in [0.25, 0.3) is 0 Å². The van der Waals surface area contributed by atoms with Gasteiger partial charge in [0.2, 0.25) is 0 Å². The fraction of sp³-hybridized carbons (Fsp3) is 0.455. The van der Waals surface area contributed by atoms with Crippen LogP contribution in [-0.2, 0) is 0 Å². The lowest BCUT2D eigenvalue weighted by Crippen LogP contribution is -2.10. The van der Waals surface area contributed by atoms with Crippen LogP contribution in [0.1, 0.15) is 30.5 Å². The molecular weight excluding hydrogens is 198 g/mol. The molecule has 0 aliphatic heterocycles. The standard InChI is InChI=1S/C11H16ClNO/c1-4-10(13)8-6-9(12)7(2)5-11(8)14-3/h5-6,10H,4,13H2,1-3H3. The van der Waals surface area contributed by atoms with Crippen molar-refractivity contribution in [2.45, 2.75) is 26.3 Å². The van der Waals surface area contributed by atoms with Gasteiger partial charge in [0.15, 0.2) is 0 Å². The summed E-state index contributed by atoms with van der Waals surface area (Å²) in [4.78, 5) is 0. The van der Waals surface area contributed by atoms with E-state index in [0.29, 0.717) is 0 Å². The number of methoxy groups -OCH3 is 1. The number of halogens is 1. The molecule has 3 heteroatoms. The van der Waals surface area contributed by atoms with E-state index in [0.717, 1.165) is 28.3 Å². The fourth-order valence-electron chi connectivity index (χ4n) is 1.36. The van der Waals surface area contributed by atoms with Crippen molar-refractivity contribution in [3.63, 3.8) is 0 Å². The van der Waals surface area contributed by atoms with Gasteiger partial charge < -0.3 is 10.5 Å². The first-order valence-electron chi connectivity index (χ1n) is 4.69. The highest BCUT2D eigenvalue weighted by atomic mass is 35.5. The second-order valence-electron chi connectivity index (χ2n) is 3.36. The van der Waals surface area contributed by atoms with Crippen LogP contribution in [0.15, 0.2) is 12.1 Å². The van der Waals surface area contributed by atoms with Crippen LogP contribution >= 0.6 is 11.6 Å². The molecule has 0 amide bonds. The summed E-state index contributed by atoms with van der Waals surface area (Å²) in [6.07, 6.45) is 0.871. The Morgan fingerprint density at radius 3 is 2.64 bits per heavy atom. The third-order valence-electron chi connectivity index (χ3n) is 2.35. The van der Waals surface area contributed by atoms with Crippen LogP contribution in [-0.4, -0.2) is 7.11 Å². The summed E-state index contributed by atoms with van der Waals surface area (Å²) in [7, 11) is 1.65. The molecular formula is C11H16ClNO. The lowest BCUT2D eigenvalue weighted by atomic mass is 10.0. The average molecular weight is 214 g/mol. The Bertz CT molecular complexity index is 325. The van der Waals surface area contributed by atoms with Gasteiger partial charge >= 0.3 is 0 Å². The van der Waals surface area contributed by atoms with E-state index in [-0.39, 0.29) is 6.04 Å². The number of rotatable bonds is 3. The summed E-state index contributed by atoms with van der Waals surface area (Å²) in [5.41, 5.74) is 7.94. The predicted octanol–water partition coefficient (Wildman–Crippen LogP) is 3.07. The Morgan fingerprint density at radius 2 is 2.14 bits per heavy atom. The summed E-state index contributed by atoms with van der Waals surface area (Å²) < 4.78 is 5.27. The second kappa shape index (κ2) is 4.67. The molecule has 1 atom stereocenters. The van der Waals surface area contributed by atoms with Crippen molar-refractivity contribution in [2.75, 3.05) is 7.11 Å². The maximum absolute atomic E-state index is 6.03. The van der Waals surface area contributed by atoms with Crippen molar-refractivity contribution in [2.24, 2.45) is 5.73 Å². The number of benzene rings is 1. The van der Waals surface area contributed by atoms with E-state index >= 15 is 0 Å². The molecule has 0 spiro atoms. The molecule has 0 aliphatic rings. The average Bonchev–Trinajstić information content (AvgIpc) is 2.20. The quantitative estimate of drug-likeness (QED) is 0.838. The van der Waals surface area contributed by atoms with E-state index in [1.54, 1.807) is 7.11 Å². The number of ether oxygens (including phenoxy) is 1. The molecule has 0 aromatic heterocycles. The Balaban J connectivity index is 3.19. The summed E-state index contributed by atoms with van der Waals surface area (Å²) >= 11 is 6.03. The summed E-state index contributed by atoms with van der Waals surface area (Å²) in [6.45, 7) is 3.99. The third kappa shape index (κ3) is 2.20. The highest BCUT2D eigenvalue weighted by molar-refractivity contribution is 6.31. The van der Waals surface area contributed by atoms with Gasteiger partial charge in [0.05, 0.1) is 7.11 Å². The minimum Gasteiger partial charge on any atom is -0.496 e. The molecule has 0 saturated carbocycles. The first-order chi connectivity index (χ1) is 6.60.